The van der Waals surface area contributed by atoms with Crippen LogP contribution in [0.2, 0.25) is 0 Å². The van der Waals surface area contributed by atoms with Gasteiger partial charge in [0, 0.05) is 52.9 Å². The number of hydrogen-bond donors (Lipinski definition) is 3. The van der Waals surface area contributed by atoms with Crippen LogP contribution in [0.25, 0.3) is 10.9 Å². The summed E-state index contributed by atoms with van der Waals surface area (Å²) in [7, 11) is 0. The van der Waals surface area contributed by atoms with Crippen molar-refractivity contribution in [1.29, 1.82) is 0 Å². The highest BCUT2D eigenvalue weighted by molar-refractivity contribution is 6.20. The third-order valence-electron chi connectivity index (χ3n) is 7.22. The molecule has 2 aromatic carbocycles. The summed E-state index contributed by atoms with van der Waals surface area (Å²) in [5.41, 5.74) is 12.1. The first-order valence-corrected chi connectivity index (χ1v) is 11.4. The minimum absolute atomic E-state index is 0.0232. The standard InChI is InChI=1S/C26H30N4O2/c1-4-28-25(32)30-11-9-15(10-12-30)16-5-7-18-20(13-16)26(2,3)24-22(23(18)31)19-8-6-17(27)14-21(19)29-24/h5-8,13-15,29H,4,9-12,27H2,1-3H3,(H,28,32). The Morgan fingerprint density at radius 2 is 1.94 bits per heavy atom. The highest BCUT2D eigenvalue weighted by Crippen LogP contribution is 2.45. The third-order valence-corrected chi connectivity index (χ3v) is 7.22. The molecule has 0 saturated carbocycles. The van der Waals surface area contributed by atoms with E-state index in [1.165, 1.54) is 5.56 Å². The number of rotatable bonds is 2. The number of anilines is 1. The van der Waals surface area contributed by atoms with Gasteiger partial charge in [-0.05, 0) is 48.9 Å². The van der Waals surface area contributed by atoms with Gasteiger partial charge < -0.3 is 20.9 Å². The topological polar surface area (TPSA) is 91.2 Å². The number of urea groups is 1. The molecular weight excluding hydrogens is 400 g/mol. The minimum Gasteiger partial charge on any atom is -0.399 e. The van der Waals surface area contributed by atoms with Gasteiger partial charge in [-0.3, -0.25) is 4.79 Å². The number of ketones is 1. The van der Waals surface area contributed by atoms with Crippen molar-refractivity contribution in [2.45, 2.75) is 44.9 Å². The third kappa shape index (κ3) is 3.08. The Morgan fingerprint density at radius 1 is 1.19 bits per heavy atom. The number of H-pyrrole nitrogens is 1. The summed E-state index contributed by atoms with van der Waals surface area (Å²) in [5.74, 6) is 0.462. The van der Waals surface area contributed by atoms with Gasteiger partial charge in [-0.25, -0.2) is 4.79 Å². The number of nitrogens with two attached hydrogens (primary N) is 1. The van der Waals surface area contributed by atoms with Crippen LogP contribution in [-0.4, -0.2) is 41.3 Å². The molecule has 6 nitrogen and oxygen atoms in total. The van der Waals surface area contributed by atoms with Crippen LogP contribution < -0.4 is 11.1 Å². The Kier molecular flexibility index (Phi) is 4.77. The second kappa shape index (κ2) is 7.40. The van der Waals surface area contributed by atoms with E-state index in [0.717, 1.165) is 59.2 Å². The average molecular weight is 431 g/mol. The summed E-state index contributed by atoms with van der Waals surface area (Å²) in [5, 5.41) is 3.82. The monoisotopic (exact) mass is 430 g/mol. The lowest BCUT2D eigenvalue weighted by atomic mass is 9.70. The van der Waals surface area contributed by atoms with E-state index in [-0.39, 0.29) is 17.2 Å². The lowest BCUT2D eigenvalue weighted by molar-refractivity contribution is 0.103. The maximum Gasteiger partial charge on any atom is 0.317 e. The molecule has 2 heterocycles. The molecule has 0 bridgehead atoms. The first kappa shape index (κ1) is 20.6. The zero-order valence-corrected chi connectivity index (χ0v) is 18.9. The molecule has 0 unspecified atom stereocenters. The second-order valence-corrected chi connectivity index (χ2v) is 9.54. The molecule has 1 aliphatic heterocycles. The van der Waals surface area contributed by atoms with E-state index < -0.39 is 0 Å². The SMILES string of the molecule is CCNC(=O)N1CCC(c2ccc3c(c2)C(C)(C)c2[nH]c4cc(N)ccc4c2C3=O)CC1. The smallest absolute Gasteiger partial charge is 0.317 e. The number of amides is 2. The van der Waals surface area contributed by atoms with Gasteiger partial charge in [0.05, 0.1) is 5.56 Å². The predicted octanol–water partition coefficient (Wildman–Crippen LogP) is 4.53. The summed E-state index contributed by atoms with van der Waals surface area (Å²) >= 11 is 0. The molecule has 0 radical (unpaired) electrons. The maximum absolute atomic E-state index is 13.5. The van der Waals surface area contributed by atoms with Crippen LogP contribution in [0.4, 0.5) is 10.5 Å². The van der Waals surface area contributed by atoms with Crippen LogP contribution in [0.3, 0.4) is 0 Å². The van der Waals surface area contributed by atoms with Crippen LogP contribution >= 0.6 is 0 Å². The summed E-state index contributed by atoms with van der Waals surface area (Å²) < 4.78 is 0. The molecule has 1 saturated heterocycles. The summed E-state index contributed by atoms with van der Waals surface area (Å²) in [6.07, 6.45) is 1.86. The van der Waals surface area contributed by atoms with Crippen molar-refractivity contribution < 1.29 is 9.59 Å². The number of nitrogens with one attached hydrogen (secondary N) is 2. The number of nitrogen functional groups attached to an aromatic ring is 1. The Morgan fingerprint density at radius 3 is 2.66 bits per heavy atom. The van der Waals surface area contributed by atoms with Gasteiger partial charge >= 0.3 is 6.03 Å². The number of fused-ring (bicyclic) bond motifs is 4. The predicted molar refractivity (Wildman–Crippen MR) is 127 cm³/mol. The molecule has 0 atom stereocenters. The number of nitrogens with zero attached hydrogens (tertiary/aromatic N) is 1. The van der Waals surface area contributed by atoms with Crippen LogP contribution in [0, 0.1) is 0 Å². The van der Waals surface area contributed by atoms with Gasteiger partial charge in [0.25, 0.3) is 0 Å². The molecule has 32 heavy (non-hydrogen) atoms. The number of likely N-dealkylation sites (tertiary alicyclic amines) is 1. The van der Waals surface area contributed by atoms with Crippen molar-refractivity contribution >= 4 is 28.4 Å². The second-order valence-electron chi connectivity index (χ2n) is 9.54. The van der Waals surface area contributed by atoms with E-state index in [1.54, 1.807) is 0 Å². The molecule has 1 aliphatic carbocycles. The first-order chi connectivity index (χ1) is 15.3. The van der Waals surface area contributed by atoms with Gasteiger partial charge in [0.15, 0.2) is 5.78 Å². The Balaban J connectivity index is 1.49. The fourth-order valence-electron chi connectivity index (χ4n) is 5.40. The fraction of sp³-hybridized carbons (Fsp3) is 0.385. The largest absolute Gasteiger partial charge is 0.399 e. The molecule has 0 spiro atoms. The molecule has 2 aliphatic rings. The van der Waals surface area contributed by atoms with Crippen molar-refractivity contribution in [3.05, 3.63) is 64.3 Å². The maximum atomic E-state index is 13.5. The van der Waals surface area contributed by atoms with Crippen LogP contribution in [0.1, 0.15) is 72.3 Å². The number of piperidine rings is 1. The van der Waals surface area contributed by atoms with E-state index in [1.807, 2.05) is 36.1 Å². The Labute approximate surface area is 188 Å². The highest BCUT2D eigenvalue weighted by atomic mass is 16.2. The van der Waals surface area contributed by atoms with E-state index in [0.29, 0.717) is 18.2 Å². The molecular formula is C26H30N4O2. The van der Waals surface area contributed by atoms with Crippen LogP contribution in [-0.2, 0) is 5.41 Å². The average Bonchev–Trinajstić information content (AvgIpc) is 3.17. The molecule has 5 rings (SSSR count). The number of carbonyl (C=O) groups is 2. The zero-order valence-electron chi connectivity index (χ0n) is 18.9. The van der Waals surface area contributed by atoms with Crippen molar-refractivity contribution in [2.24, 2.45) is 0 Å². The van der Waals surface area contributed by atoms with Crippen molar-refractivity contribution in [3.8, 4) is 0 Å². The summed E-state index contributed by atoms with van der Waals surface area (Å²) in [6, 6.07) is 12.0. The van der Waals surface area contributed by atoms with Gasteiger partial charge in [0.1, 0.15) is 0 Å². The van der Waals surface area contributed by atoms with E-state index in [4.69, 9.17) is 5.73 Å². The summed E-state index contributed by atoms with van der Waals surface area (Å²) in [6.45, 7) is 8.45. The van der Waals surface area contributed by atoms with Crippen molar-refractivity contribution in [1.82, 2.24) is 15.2 Å². The molecule has 3 aromatic rings. The van der Waals surface area contributed by atoms with Crippen LogP contribution in [0.15, 0.2) is 36.4 Å². The molecule has 166 valence electrons. The Bertz CT molecular complexity index is 1230. The zero-order chi connectivity index (χ0) is 22.6. The number of hydrogen-bond acceptors (Lipinski definition) is 3. The Hall–Kier alpha value is -3.28. The van der Waals surface area contributed by atoms with Crippen molar-refractivity contribution in [2.75, 3.05) is 25.4 Å². The number of aromatic amines is 1. The van der Waals surface area contributed by atoms with E-state index in [2.05, 4.69) is 36.3 Å². The van der Waals surface area contributed by atoms with Gasteiger partial charge in [-0.15, -0.1) is 0 Å². The normalized spacial score (nSPS) is 17.8. The molecule has 6 heteroatoms. The van der Waals surface area contributed by atoms with Crippen molar-refractivity contribution in [3.63, 3.8) is 0 Å². The highest BCUT2D eigenvalue weighted by Gasteiger charge is 2.40. The molecule has 4 N–H and O–H groups in total. The first-order valence-electron chi connectivity index (χ1n) is 11.4. The van der Waals surface area contributed by atoms with E-state index >= 15 is 0 Å². The van der Waals surface area contributed by atoms with Gasteiger partial charge in [0.2, 0.25) is 0 Å². The quantitative estimate of drug-likeness (QED) is 0.522. The molecule has 1 fully saturated rings. The minimum atomic E-state index is -0.329. The number of benzene rings is 2. The lowest BCUT2D eigenvalue weighted by Gasteiger charge is -2.35. The number of aromatic nitrogens is 1. The lowest BCUT2D eigenvalue weighted by Crippen LogP contribution is -2.44. The van der Waals surface area contributed by atoms with Gasteiger partial charge in [-0.2, -0.15) is 0 Å². The van der Waals surface area contributed by atoms with Gasteiger partial charge in [-0.1, -0.05) is 38.1 Å². The number of carbonyl (C=O) groups excluding carboxylic acids is 2. The molecule has 1 aromatic heterocycles. The summed E-state index contributed by atoms with van der Waals surface area (Å²) in [4.78, 5) is 31.0. The van der Waals surface area contributed by atoms with Crippen LogP contribution in [0.5, 0.6) is 0 Å². The van der Waals surface area contributed by atoms with E-state index in [9.17, 15) is 9.59 Å². The molecule has 2 amide bonds. The fourth-order valence-corrected chi connectivity index (χ4v) is 5.40.